The second kappa shape index (κ2) is 9.32. The number of aromatic nitrogens is 2. The average molecular weight is 461 g/mol. The van der Waals surface area contributed by atoms with Crippen LogP contribution in [0.15, 0.2) is 59.6 Å². The number of benzene rings is 2. The molecule has 8 nitrogen and oxygen atoms in total. The Kier molecular flexibility index (Phi) is 6.77. The van der Waals surface area contributed by atoms with E-state index in [0.717, 1.165) is 5.56 Å². The Morgan fingerprint density at radius 1 is 1.10 bits per heavy atom. The van der Waals surface area contributed by atoms with Crippen molar-refractivity contribution >= 4 is 39.2 Å². The van der Waals surface area contributed by atoms with E-state index in [1.165, 1.54) is 30.5 Å². The summed E-state index contributed by atoms with van der Waals surface area (Å²) in [4.78, 5) is 20.4. The molecule has 1 heterocycles. The second-order valence-corrected chi connectivity index (χ2v) is 8.93. The normalized spacial score (nSPS) is 12.1. The molecule has 0 fully saturated rings. The molecule has 3 aromatic rings. The number of aryl methyl sites for hydroxylation is 2. The smallest absolute Gasteiger partial charge is 0.265 e. The zero-order valence-electron chi connectivity index (χ0n) is 17.1. The van der Waals surface area contributed by atoms with Crippen LogP contribution in [0, 0.1) is 13.8 Å². The molecule has 0 spiro atoms. The second-order valence-electron chi connectivity index (χ2n) is 6.81. The van der Waals surface area contributed by atoms with Crippen molar-refractivity contribution < 1.29 is 17.9 Å². The molecule has 0 aliphatic rings. The number of carbonyl (C=O) groups is 1. The van der Waals surface area contributed by atoms with Crippen LogP contribution in [-0.4, -0.2) is 30.4 Å². The Bertz CT molecular complexity index is 1200. The summed E-state index contributed by atoms with van der Waals surface area (Å²) >= 11 is 5.93. The van der Waals surface area contributed by atoms with E-state index in [-0.39, 0.29) is 16.8 Å². The Morgan fingerprint density at radius 3 is 2.45 bits per heavy atom. The molecular formula is C21H21ClN4O4S. The van der Waals surface area contributed by atoms with Gasteiger partial charge in [-0.15, -0.1) is 0 Å². The number of halogens is 1. The first kappa shape index (κ1) is 22.5. The first-order valence-corrected chi connectivity index (χ1v) is 11.2. The zero-order valence-corrected chi connectivity index (χ0v) is 18.7. The third-order valence-electron chi connectivity index (χ3n) is 4.26. The van der Waals surface area contributed by atoms with Crippen molar-refractivity contribution in [1.29, 1.82) is 0 Å². The molecule has 10 heteroatoms. The van der Waals surface area contributed by atoms with Crippen LogP contribution >= 0.6 is 11.6 Å². The Balaban J connectivity index is 1.64. The summed E-state index contributed by atoms with van der Waals surface area (Å²) in [6.07, 6.45) is 0.691. The lowest BCUT2D eigenvalue weighted by Crippen LogP contribution is -2.30. The average Bonchev–Trinajstić information content (AvgIpc) is 2.70. The van der Waals surface area contributed by atoms with E-state index in [1.54, 1.807) is 38.1 Å². The number of nitrogens with zero attached hydrogens (tertiary/aromatic N) is 2. The third-order valence-corrected chi connectivity index (χ3v) is 5.84. The fourth-order valence-corrected chi connectivity index (χ4v) is 3.81. The summed E-state index contributed by atoms with van der Waals surface area (Å²) < 4.78 is 33.0. The molecule has 1 atom stereocenters. The van der Waals surface area contributed by atoms with Crippen molar-refractivity contribution in [3.8, 4) is 5.75 Å². The van der Waals surface area contributed by atoms with Gasteiger partial charge in [-0.05, 0) is 74.9 Å². The molecule has 1 aromatic heterocycles. The highest BCUT2D eigenvalue weighted by atomic mass is 35.5. The monoisotopic (exact) mass is 460 g/mol. The molecule has 1 amide bonds. The highest BCUT2D eigenvalue weighted by Crippen LogP contribution is 2.23. The maximum Gasteiger partial charge on any atom is 0.265 e. The van der Waals surface area contributed by atoms with Gasteiger partial charge in [-0.25, -0.2) is 23.1 Å². The van der Waals surface area contributed by atoms with Crippen molar-refractivity contribution in [2.24, 2.45) is 0 Å². The standard InChI is InChI=1S/C21H21ClN4O4S/c1-13-12-16(22)4-9-19(13)30-15(3)20(27)25-17-5-7-18(8-6-17)31(28,29)26-21-23-11-10-14(2)24-21/h4-12,15H,1-3H3,(H,25,27)(H,23,24,26)/t15-/m1/s1. The first-order valence-electron chi connectivity index (χ1n) is 9.30. The van der Waals surface area contributed by atoms with Crippen LogP contribution in [0.5, 0.6) is 5.75 Å². The fraction of sp³-hybridized carbons (Fsp3) is 0.190. The van der Waals surface area contributed by atoms with Gasteiger partial charge in [0.05, 0.1) is 4.90 Å². The molecule has 0 radical (unpaired) electrons. The van der Waals surface area contributed by atoms with Gasteiger partial charge in [0.2, 0.25) is 5.95 Å². The summed E-state index contributed by atoms with van der Waals surface area (Å²) in [5.74, 6) is 0.162. The topological polar surface area (TPSA) is 110 Å². The molecule has 3 rings (SSSR count). The Hall–Kier alpha value is -3.17. The molecule has 0 aliphatic carbocycles. The van der Waals surface area contributed by atoms with E-state index < -0.39 is 16.1 Å². The Labute approximate surface area is 185 Å². The van der Waals surface area contributed by atoms with E-state index in [0.29, 0.717) is 22.2 Å². The predicted octanol–water partition coefficient (Wildman–Crippen LogP) is 3.95. The number of rotatable bonds is 7. The molecule has 0 bridgehead atoms. The van der Waals surface area contributed by atoms with E-state index >= 15 is 0 Å². The van der Waals surface area contributed by atoms with Gasteiger partial charge in [-0.2, -0.15) is 0 Å². The lowest BCUT2D eigenvalue weighted by atomic mass is 10.2. The lowest BCUT2D eigenvalue weighted by molar-refractivity contribution is -0.122. The molecule has 2 N–H and O–H groups in total. The van der Waals surface area contributed by atoms with Crippen LogP contribution in [0.4, 0.5) is 11.6 Å². The van der Waals surface area contributed by atoms with E-state index in [4.69, 9.17) is 16.3 Å². The number of sulfonamides is 1. The summed E-state index contributed by atoms with van der Waals surface area (Å²) in [6.45, 7) is 5.19. The largest absolute Gasteiger partial charge is 0.481 e. The number of nitrogens with one attached hydrogen (secondary N) is 2. The minimum atomic E-state index is -3.86. The molecule has 0 saturated heterocycles. The maximum absolute atomic E-state index is 12.5. The van der Waals surface area contributed by atoms with Gasteiger partial charge in [0, 0.05) is 22.6 Å². The van der Waals surface area contributed by atoms with Crippen molar-refractivity contribution in [3.63, 3.8) is 0 Å². The van der Waals surface area contributed by atoms with Crippen molar-refractivity contribution in [2.75, 3.05) is 10.0 Å². The molecule has 2 aromatic carbocycles. The van der Waals surface area contributed by atoms with Gasteiger partial charge in [-0.1, -0.05) is 11.6 Å². The maximum atomic E-state index is 12.5. The summed E-state index contributed by atoms with van der Waals surface area (Å²) in [6, 6.07) is 12.5. The number of carbonyl (C=O) groups excluding carboxylic acids is 1. The first-order chi connectivity index (χ1) is 14.6. The molecular weight excluding hydrogens is 440 g/mol. The van der Waals surface area contributed by atoms with Crippen LogP contribution < -0.4 is 14.8 Å². The van der Waals surface area contributed by atoms with Crippen LogP contribution in [0.2, 0.25) is 5.02 Å². The summed E-state index contributed by atoms with van der Waals surface area (Å²) in [5, 5.41) is 3.28. The predicted molar refractivity (Wildman–Crippen MR) is 119 cm³/mol. The number of hydrogen-bond donors (Lipinski definition) is 2. The molecule has 0 saturated carbocycles. The van der Waals surface area contributed by atoms with E-state index in [9.17, 15) is 13.2 Å². The van der Waals surface area contributed by atoms with Crippen molar-refractivity contribution in [2.45, 2.75) is 31.8 Å². The summed E-state index contributed by atoms with van der Waals surface area (Å²) in [5.41, 5.74) is 1.88. The van der Waals surface area contributed by atoms with Gasteiger partial charge in [0.1, 0.15) is 5.75 Å². The quantitative estimate of drug-likeness (QED) is 0.552. The van der Waals surface area contributed by atoms with Crippen LogP contribution in [0.25, 0.3) is 0 Å². The number of amides is 1. The highest BCUT2D eigenvalue weighted by Gasteiger charge is 2.18. The lowest BCUT2D eigenvalue weighted by Gasteiger charge is -2.16. The fourth-order valence-electron chi connectivity index (χ4n) is 2.63. The van der Waals surface area contributed by atoms with Crippen molar-refractivity contribution in [1.82, 2.24) is 9.97 Å². The zero-order chi connectivity index (χ0) is 22.6. The number of ether oxygens (including phenoxy) is 1. The molecule has 0 unspecified atom stereocenters. The van der Waals surface area contributed by atoms with Gasteiger partial charge in [-0.3, -0.25) is 4.79 Å². The SMILES string of the molecule is Cc1ccnc(NS(=O)(=O)c2ccc(NC(=O)[C@@H](C)Oc3ccc(Cl)cc3C)cc2)n1. The van der Waals surface area contributed by atoms with E-state index in [2.05, 4.69) is 20.0 Å². The minimum absolute atomic E-state index is 0.0108. The third kappa shape index (κ3) is 5.93. The van der Waals surface area contributed by atoms with Gasteiger partial charge >= 0.3 is 0 Å². The molecule has 0 aliphatic heterocycles. The van der Waals surface area contributed by atoms with Crippen LogP contribution in [-0.2, 0) is 14.8 Å². The highest BCUT2D eigenvalue weighted by molar-refractivity contribution is 7.92. The molecule has 162 valence electrons. The van der Waals surface area contributed by atoms with Crippen LogP contribution in [0.1, 0.15) is 18.2 Å². The van der Waals surface area contributed by atoms with Gasteiger partial charge < -0.3 is 10.1 Å². The van der Waals surface area contributed by atoms with E-state index in [1.807, 2.05) is 6.92 Å². The van der Waals surface area contributed by atoms with Crippen molar-refractivity contribution in [3.05, 3.63) is 71.0 Å². The van der Waals surface area contributed by atoms with Gasteiger partial charge in [0.15, 0.2) is 6.10 Å². The number of anilines is 2. The van der Waals surface area contributed by atoms with Gasteiger partial charge in [0.25, 0.3) is 15.9 Å². The number of hydrogen-bond acceptors (Lipinski definition) is 6. The minimum Gasteiger partial charge on any atom is -0.481 e. The van der Waals surface area contributed by atoms with Crippen LogP contribution in [0.3, 0.4) is 0 Å². The Morgan fingerprint density at radius 2 is 1.81 bits per heavy atom. The summed E-state index contributed by atoms with van der Waals surface area (Å²) in [7, 11) is -3.86. The molecule has 31 heavy (non-hydrogen) atoms.